The fourth-order valence-corrected chi connectivity index (χ4v) is 2.02. The molecule has 0 aromatic rings. The number of nitrogens with one attached hydrogen (secondary N) is 1. The molecule has 0 radical (unpaired) electrons. The van der Waals surface area contributed by atoms with Crippen molar-refractivity contribution in [2.45, 2.75) is 13.3 Å². The zero-order valence-electron chi connectivity index (χ0n) is 5.85. The lowest BCUT2D eigenvalue weighted by molar-refractivity contribution is 0.529. The smallest absolute Gasteiger partial charge is 0.00176 e. The zero-order valence-corrected chi connectivity index (χ0v) is 5.85. The Morgan fingerprint density at radius 2 is 2.44 bits per heavy atom. The molecule has 2 aliphatic rings. The summed E-state index contributed by atoms with van der Waals surface area (Å²) in [4.78, 5) is 0. The van der Waals surface area contributed by atoms with Crippen molar-refractivity contribution in [2.75, 3.05) is 13.1 Å². The van der Waals surface area contributed by atoms with E-state index in [0.717, 1.165) is 11.8 Å². The van der Waals surface area contributed by atoms with Crippen molar-refractivity contribution in [1.29, 1.82) is 0 Å². The van der Waals surface area contributed by atoms with Gasteiger partial charge < -0.3 is 5.32 Å². The summed E-state index contributed by atoms with van der Waals surface area (Å²) in [6.45, 7) is 4.72. The van der Waals surface area contributed by atoms with Crippen LogP contribution in [0.3, 0.4) is 0 Å². The van der Waals surface area contributed by atoms with Crippen LogP contribution in [-0.2, 0) is 0 Å². The molecule has 1 aliphatic heterocycles. The van der Waals surface area contributed by atoms with Gasteiger partial charge in [-0.15, -0.1) is 0 Å². The third-order valence-electron chi connectivity index (χ3n) is 2.47. The van der Waals surface area contributed by atoms with Crippen LogP contribution >= 0.6 is 0 Å². The SMILES string of the molecule is CC1=C[C@H]2CNC[C@H]2C1. The fraction of sp³-hybridized carbons (Fsp3) is 0.750. The molecule has 0 unspecified atom stereocenters. The van der Waals surface area contributed by atoms with E-state index in [4.69, 9.17) is 0 Å². The zero-order chi connectivity index (χ0) is 6.27. The maximum Gasteiger partial charge on any atom is 0.00176 e. The monoisotopic (exact) mass is 123 g/mol. The Bertz CT molecular complexity index is 149. The average Bonchev–Trinajstić information content (AvgIpc) is 2.22. The molecule has 2 rings (SSSR count). The molecule has 1 fully saturated rings. The second-order valence-electron chi connectivity index (χ2n) is 3.30. The Morgan fingerprint density at radius 3 is 3.22 bits per heavy atom. The topological polar surface area (TPSA) is 12.0 Å². The minimum absolute atomic E-state index is 0.880. The van der Waals surface area contributed by atoms with Gasteiger partial charge in [-0.2, -0.15) is 0 Å². The van der Waals surface area contributed by atoms with E-state index >= 15 is 0 Å². The van der Waals surface area contributed by atoms with E-state index in [1.165, 1.54) is 19.5 Å². The summed E-state index contributed by atoms with van der Waals surface area (Å²) in [6, 6.07) is 0. The van der Waals surface area contributed by atoms with Crippen molar-refractivity contribution in [1.82, 2.24) is 5.32 Å². The maximum atomic E-state index is 3.40. The second-order valence-corrected chi connectivity index (χ2v) is 3.30. The third-order valence-corrected chi connectivity index (χ3v) is 2.47. The van der Waals surface area contributed by atoms with Crippen LogP contribution < -0.4 is 5.32 Å². The van der Waals surface area contributed by atoms with Gasteiger partial charge in [-0.25, -0.2) is 0 Å². The van der Waals surface area contributed by atoms with Crippen LogP contribution in [0.1, 0.15) is 13.3 Å². The van der Waals surface area contributed by atoms with Gasteiger partial charge in [0.05, 0.1) is 0 Å². The molecule has 2 atom stereocenters. The molecule has 1 nitrogen and oxygen atoms in total. The molecule has 1 heterocycles. The van der Waals surface area contributed by atoms with Gasteiger partial charge in [0.25, 0.3) is 0 Å². The molecule has 0 saturated carbocycles. The van der Waals surface area contributed by atoms with E-state index in [9.17, 15) is 0 Å². The van der Waals surface area contributed by atoms with Gasteiger partial charge >= 0.3 is 0 Å². The molecule has 0 spiro atoms. The summed E-state index contributed by atoms with van der Waals surface area (Å²) in [5.41, 5.74) is 1.60. The summed E-state index contributed by atoms with van der Waals surface area (Å²) in [5, 5.41) is 3.40. The molecular formula is C8H13N. The summed E-state index contributed by atoms with van der Waals surface area (Å²) < 4.78 is 0. The quantitative estimate of drug-likeness (QED) is 0.477. The van der Waals surface area contributed by atoms with Crippen molar-refractivity contribution in [3.63, 3.8) is 0 Å². The normalized spacial score (nSPS) is 40.8. The predicted octanol–water partition coefficient (Wildman–Crippen LogP) is 1.17. The second kappa shape index (κ2) is 1.84. The molecule has 50 valence electrons. The number of rotatable bonds is 0. The highest BCUT2D eigenvalue weighted by molar-refractivity contribution is 5.14. The van der Waals surface area contributed by atoms with Gasteiger partial charge in [0.15, 0.2) is 0 Å². The van der Waals surface area contributed by atoms with Gasteiger partial charge in [0.2, 0.25) is 0 Å². The molecule has 1 aliphatic carbocycles. The minimum atomic E-state index is 0.880. The standard InChI is InChI=1S/C8H13N/c1-6-2-7-4-9-5-8(7)3-6/h2,7-9H,3-5H2,1H3/t7-,8+/m0/s1. The first kappa shape index (κ1) is 5.48. The van der Waals surface area contributed by atoms with Crippen LogP contribution in [-0.4, -0.2) is 13.1 Å². The highest BCUT2D eigenvalue weighted by Crippen LogP contribution is 2.32. The predicted molar refractivity (Wildman–Crippen MR) is 38.2 cm³/mol. The first-order valence-electron chi connectivity index (χ1n) is 3.74. The van der Waals surface area contributed by atoms with E-state index in [0.29, 0.717) is 0 Å². The van der Waals surface area contributed by atoms with Crippen LogP contribution in [0.2, 0.25) is 0 Å². The van der Waals surface area contributed by atoms with Gasteiger partial charge in [-0.05, 0) is 31.7 Å². The van der Waals surface area contributed by atoms with Gasteiger partial charge in [-0.3, -0.25) is 0 Å². The first-order valence-corrected chi connectivity index (χ1v) is 3.74. The Morgan fingerprint density at radius 1 is 1.56 bits per heavy atom. The minimum Gasteiger partial charge on any atom is -0.316 e. The molecule has 0 aromatic heterocycles. The number of hydrogen-bond donors (Lipinski definition) is 1. The molecule has 1 N–H and O–H groups in total. The third kappa shape index (κ3) is 0.799. The number of hydrogen-bond acceptors (Lipinski definition) is 1. The summed E-state index contributed by atoms with van der Waals surface area (Å²) in [6.07, 6.45) is 3.78. The van der Waals surface area contributed by atoms with Crippen molar-refractivity contribution >= 4 is 0 Å². The van der Waals surface area contributed by atoms with Crippen molar-refractivity contribution in [2.24, 2.45) is 11.8 Å². The van der Waals surface area contributed by atoms with Gasteiger partial charge in [-0.1, -0.05) is 11.6 Å². The first-order chi connectivity index (χ1) is 4.36. The van der Waals surface area contributed by atoms with Crippen LogP contribution in [0.4, 0.5) is 0 Å². The van der Waals surface area contributed by atoms with Crippen LogP contribution in [0, 0.1) is 11.8 Å². The summed E-state index contributed by atoms with van der Waals surface area (Å²) >= 11 is 0. The lowest BCUT2D eigenvalue weighted by Gasteiger charge is -2.03. The molecule has 1 saturated heterocycles. The van der Waals surface area contributed by atoms with E-state index in [1.807, 2.05) is 0 Å². The maximum absolute atomic E-state index is 3.40. The summed E-state index contributed by atoms with van der Waals surface area (Å²) in [5.74, 6) is 1.83. The van der Waals surface area contributed by atoms with Crippen LogP contribution in [0.25, 0.3) is 0 Å². The molecule has 0 bridgehead atoms. The average molecular weight is 123 g/mol. The Balaban J connectivity index is 2.13. The number of allylic oxidation sites excluding steroid dienone is 1. The number of fused-ring (bicyclic) bond motifs is 1. The largest absolute Gasteiger partial charge is 0.316 e. The van der Waals surface area contributed by atoms with E-state index in [-0.39, 0.29) is 0 Å². The van der Waals surface area contributed by atoms with Crippen molar-refractivity contribution < 1.29 is 0 Å². The van der Waals surface area contributed by atoms with Gasteiger partial charge in [0, 0.05) is 6.54 Å². The van der Waals surface area contributed by atoms with Gasteiger partial charge in [0.1, 0.15) is 0 Å². The van der Waals surface area contributed by atoms with E-state index in [1.54, 1.807) is 5.57 Å². The molecule has 9 heavy (non-hydrogen) atoms. The van der Waals surface area contributed by atoms with Crippen molar-refractivity contribution in [3.05, 3.63) is 11.6 Å². The molecule has 1 heteroatoms. The highest BCUT2D eigenvalue weighted by atomic mass is 14.9. The molecule has 0 aromatic carbocycles. The Hall–Kier alpha value is -0.300. The summed E-state index contributed by atoms with van der Waals surface area (Å²) in [7, 11) is 0. The van der Waals surface area contributed by atoms with Crippen molar-refractivity contribution in [3.8, 4) is 0 Å². The lowest BCUT2D eigenvalue weighted by Crippen LogP contribution is -2.08. The molecular weight excluding hydrogens is 110 g/mol. The van der Waals surface area contributed by atoms with E-state index in [2.05, 4.69) is 18.3 Å². The van der Waals surface area contributed by atoms with Crippen LogP contribution in [0.5, 0.6) is 0 Å². The Labute approximate surface area is 56.1 Å². The fourth-order valence-electron chi connectivity index (χ4n) is 2.02. The lowest BCUT2D eigenvalue weighted by atomic mass is 10.00. The molecule has 0 amide bonds. The highest BCUT2D eigenvalue weighted by Gasteiger charge is 2.29. The Kier molecular flexibility index (Phi) is 1.12. The van der Waals surface area contributed by atoms with E-state index < -0.39 is 0 Å². The van der Waals surface area contributed by atoms with Crippen LogP contribution in [0.15, 0.2) is 11.6 Å².